The van der Waals surface area contributed by atoms with Crippen LogP contribution in [-0.4, -0.2) is 50.6 Å². The molecule has 0 aromatic rings. The lowest BCUT2D eigenvalue weighted by molar-refractivity contribution is -0.0453. The molecule has 0 saturated carbocycles. The maximum Gasteiger partial charge on any atom is 0.151 e. The molecule has 0 aliphatic heterocycles. The van der Waals surface area contributed by atoms with E-state index in [1.165, 1.54) is 19.3 Å². The molecule has 0 amide bonds. The topological polar surface area (TPSA) is 80.9 Å². The van der Waals surface area contributed by atoms with Crippen molar-refractivity contribution in [1.29, 1.82) is 0 Å². The van der Waals surface area contributed by atoms with Crippen LogP contribution in [0.2, 0.25) is 0 Å². The van der Waals surface area contributed by atoms with Crippen LogP contribution in [0.5, 0.6) is 0 Å². The summed E-state index contributed by atoms with van der Waals surface area (Å²) in [5.41, 5.74) is 0. The summed E-state index contributed by atoms with van der Waals surface area (Å²) in [6.07, 6.45) is 7.00. The van der Waals surface area contributed by atoms with Gasteiger partial charge in [-0.1, -0.05) is 113 Å². The highest BCUT2D eigenvalue weighted by Gasteiger charge is 1.89. The first-order chi connectivity index (χ1) is 12.3. The van der Waals surface area contributed by atoms with Gasteiger partial charge in [-0.2, -0.15) is 0 Å². The van der Waals surface area contributed by atoms with Crippen molar-refractivity contribution in [2.75, 3.05) is 23.9 Å². The molecule has 0 aliphatic carbocycles. The highest BCUT2D eigenvalue weighted by atomic mass is 79.9. The Bertz CT molecular complexity index is 124. The molecule has 4 N–H and O–H groups in total. The number of hydrogen-bond donors (Lipinski definition) is 4. The first kappa shape index (κ1) is 46.2. The van der Waals surface area contributed by atoms with Gasteiger partial charge < -0.3 is 20.4 Å². The Morgan fingerprint density at radius 2 is 0.963 bits per heavy atom. The Labute approximate surface area is 189 Å². The summed E-state index contributed by atoms with van der Waals surface area (Å²) < 4.78 is 0. The number of unbranched alkanes of at least 4 members (excludes halogenated alkanes) is 2. The molecule has 0 aromatic heterocycles. The van der Waals surface area contributed by atoms with Gasteiger partial charge in [-0.25, -0.2) is 0 Å². The van der Waals surface area contributed by atoms with Gasteiger partial charge in [-0.3, -0.25) is 0 Å². The van der Waals surface area contributed by atoms with Crippen LogP contribution in [0.25, 0.3) is 0 Å². The number of rotatable bonds is 7. The van der Waals surface area contributed by atoms with Gasteiger partial charge in [0.1, 0.15) is 0 Å². The Kier molecular flexibility index (Phi) is 122. The van der Waals surface area contributed by atoms with Crippen molar-refractivity contribution in [2.24, 2.45) is 0 Å². The highest BCUT2D eigenvalue weighted by molar-refractivity contribution is 9.09. The zero-order chi connectivity index (χ0) is 22.1. The van der Waals surface area contributed by atoms with Crippen LogP contribution in [0.4, 0.5) is 0 Å². The summed E-state index contributed by atoms with van der Waals surface area (Å²) in [6.45, 7) is 15.1. The van der Waals surface area contributed by atoms with Crippen molar-refractivity contribution in [3.8, 4) is 0 Å². The molecule has 0 bridgehead atoms. The molecule has 0 aliphatic rings. The molecule has 6 heteroatoms. The lowest BCUT2D eigenvalue weighted by Crippen LogP contribution is -2.01. The Balaban J connectivity index is -0.0000000358. The Hall–Kier alpha value is 0.800. The highest BCUT2D eigenvalue weighted by Crippen LogP contribution is 1.88. The summed E-state index contributed by atoms with van der Waals surface area (Å²) in [4.78, 5) is 0. The molecule has 0 rings (SSSR count). The molecule has 0 aromatic carbocycles. The van der Waals surface area contributed by atoms with Gasteiger partial charge in [-0.15, -0.1) is 0 Å². The van der Waals surface area contributed by atoms with Crippen molar-refractivity contribution in [1.82, 2.24) is 0 Å². The van der Waals surface area contributed by atoms with Crippen LogP contribution in [0.15, 0.2) is 0 Å². The fourth-order valence-corrected chi connectivity index (χ4v) is 0.416. The predicted molar refractivity (Wildman–Crippen MR) is 133 cm³/mol. The van der Waals surface area contributed by atoms with Gasteiger partial charge in [0, 0.05) is 23.9 Å². The Morgan fingerprint density at radius 1 is 0.630 bits per heavy atom. The van der Waals surface area contributed by atoms with E-state index in [1.807, 2.05) is 20.8 Å². The van der Waals surface area contributed by atoms with Gasteiger partial charge in [0.25, 0.3) is 0 Å². The molecule has 0 heterocycles. The second-order valence-corrected chi connectivity index (χ2v) is 6.94. The van der Waals surface area contributed by atoms with Crippen LogP contribution in [0.3, 0.4) is 0 Å². The lowest BCUT2D eigenvalue weighted by atomic mass is 10.3. The fourth-order valence-electron chi connectivity index (χ4n) is 0.416. The SMILES string of the molecule is C.CCBr.CCCBr.CCCC.CCCC(O)O.CCCCO.CCCO. The Morgan fingerprint density at radius 3 is 0.963 bits per heavy atom. The monoisotopic (exact) mass is 528 g/mol. The van der Waals surface area contributed by atoms with E-state index in [4.69, 9.17) is 20.4 Å². The molecular weight excluding hydrogens is 476 g/mol. The molecule has 4 nitrogen and oxygen atoms in total. The standard InChI is InChI=1S/C4H10O2.C4H10O.C4H10.C3H7Br.C3H8O.C2H5Br.CH4/c1-2-3-4(5)6;1-2-3-4-5;1-3-4-2;2*1-2-3-4;1-2-3;/h4-6H,2-3H2,1H3;5H,2-4H2,1H3;3-4H2,1-2H3;2-3H2,1H3;4H,2-3H2,1H3;2H2,1H3;1H4. The minimum atomic E-state index is -1.10. The summed E-state index contributed by atoms with van der Waals surface area (Å²) in [6, 6.07) is 0. The third-order valence-corrected chi connectivity index (χ3v) is 2.76. The molecular formula is C21H54Br2O4. The fraction of sp³-hybridized carbons (Fsp3) is 1.00. The van der Waals surface area contributed by atoms with Gasteiger partial charge in [0.15, 0.2) is 6.29 Å². The summed E-state index contributed by atoms with van der Waals surface area (Å²) in [5, 5.41) is 34.4. The van der Waals surface area contributed by atoms with Crippen molar-refractivity contribution in [2.45, 2.75) is 114 Å². The molecule has 0 spiro atoms. The minimum absolute atomic E-state index is 0. The average Bonchev–Trinajstić information content (AvgIpc) is 2.64. The van der Waals surface area contributed by atoms with E-state index in [0.29, 0.717) is 19.6 Å². The van der Waals surface area contributed by atoms with Crippen LogP contribution >= 0.6 is 31.9 Å². The van der Waals surface area contributed by atoms with E-state index in [0.717, 1.165) is 36.3 Å². The smallest absolute Gasteiger partial charge is 0.151 e. The van der Waals surface area contributed by atoms with Gasteiger partial charge in [0.2, 0.25) is 0 Å². The summed E-state index contributed by atoms with van der Waals surface area (Å²) in [5.74, 6) is 0. The molecule has 0 saturated heterocycles. The molecule has 0 unspecified atom stereocenters. The summed E-state index contributed by atoms with van der Waals surface area (Å²) in [7, 11) is 0. The van der Waals surface area contributed by atoms with Gasteiger partial charge in [0.05, 0.1) is 0 Å². The normalized spacial score (nSPS) is 7.78. The third kappa shape index (κ3) is 213. The molecule has 27 heavy (non-hydrogen) atoms. The molecule has 0 radical (unpaired) electrons. The number of hydrogen-bond acceptors (Lipinski definition) is 4. The van der Waals surface area contributed by atoms with E-state index in [1.54, 1.807) is 0 Å². The van der Waals surface area contributed by atoms with Crippen LogP contribution in [-0.2, 0) is 0 Å². The van der Waals surface area contributed by atoms with Gasteiger partial charge in [-0.05, 0) is 25.7 Å². The van der Waals surface area contributed by atoms with Crippen molar-refractivity contribution < 1.29 is 20.4 Å². The first-order valence-electron chi connectivity index (χ1n) is 10.0. The van der Waals surface area contributed by atoms with Crippen LogP contribution in [0, 0.1) is 0 Å². The van der Waals surface area contributed by atoms with Crippen molar-refractivity contribution in [3.63, 3.8) is 0 Å². The average molecular weight is 530 g/mol. The van der Waals surface area contributed by atoms with Crippen LogP contribution < -0.4 is 0 Å². The van der Waals surface area contributed by atoms with Crippen molar-refractivity contribution in [3.05, 3.63) is 0 Å². The zero-order valence-electron chi connectivity index (χ0n) is 18.6. The summed E-state index contributed by atoms with van der Waals surface area (Å²) >= 11 is 6.39. The molecule has 0 fully saturated rings. The molecule has 176 valence electrons. The first-order valence-corrected chi connectivity index (χ1v) is 12.3. The quantitative estimate of drug-likeness (QED) is 0.213. The maximum atomic E-state index is 8.11. The maximum absolute atomic E-state index is 8.11. The predicted octanol–water partition coefficient (Wildman–Crippen LogP) is 6.90. The van der Waals surface area contributed by atoms with E-state index in [9.17, 15) is 0 Å². The number of aliphatic hydroxyl groups is 4. The zero-order valence-corrected chi connectivity index (χ0v) is 21.8. The second kappa shape index (κ2) is 71.5. The number of alkyl halides is 2. The lowest BCUT2D eigenvalue weighted by Gasteiger charge is -1.94. The van der Waals surface area contributed by atoms with Crippen molar-refractivity contribution >= 4 is 31.9 Å². The van der Waals surface area contributed by atoms with E-state index >= 15 is 0 Å². The van der Waals surface area contributed by atoms with Crippen LogP contribution in [0.1, 0.15) is 107 Å². The van der Waals surface area contributed by atoms with E-state index in [2.05, 4.69) is 59.6 Å². The van der Waals surface area contributed by atoms with Gasteiger partial charge >= 0.3 is 0 Å². The largest absolute Gasteiger partial charge is 0.396 e. The molecule has 0 atom stereocenters. The van der Waals surface area contributed by atoms with E-state index in [-0.39, 0.29) is 7.43 Å². The minimum Gasteiger partial charge on any atom is -0.396 e. The number of aliphatic hydroxyl groups excluding tert-OH is 3. The third-order valence-electron chi connectivity index (χ3n) is 1.97. The van der Waals surface area contributed by atoms with E-state index < -0.39 is 6.29 Å². The number of halogens is 2. The second-order valence-electron chi connectivity index (χ2n) is 5.03.